The van der Waals surface area contributed by atoms with E-state index in [1.165, 1.54) is 0 Å². The number of urea groups is 1. The van der Waals surface area contributed by atoms with Gasteiger partial charge in [-0.2, -0.15) is 0 Å². The van der Waals surface area contributed by atoms with E-state index < -0.39 is 0 Å². The van der Waals surface area contributed by atoms with Crippen molar-refractivity contribution in [1.29, 1.82) is 0 Å². The SMILES string of the molecule is CCCC1(N)CN(C(=O)N(CC)CC)C1. The van der Waals surface area contributed by atoms with Gasteiger partial charge in [0.1, 0.15) is 0 Å². The first-order valence-corrected chi connectivity index (χ1v) is 5.89. The zero-order valence-electron chi connectivity index (χ0n) is 10.1. The summed E-state index contributed by atoms with van der Waals surface area (Å²) in [5, 5.41) is 0. The average Bonchev–Trinajstić information content (AvgIpc) is 2.16. The molecule has 1 fully saturated rings. The van der Waals surface area contributed by atoms with Crippen LogP contribution >= 0.6 is 0 Å². The number of nitrogens with zero attached hydrogens (tertiary/aromatic N) is 2. The van der Waals surface area contributed by atoms with E-state index in [0.29, 0.717) is 0 Å². The lowest BCUT2D eigenvalue weighted by molar-refractivity contribution is 0.0686. The molecule has 0 saturated carbocycles. The van der Waals surface area contributed by atoms with Gasteiger partial charge in [-0.1, -0.05) is 13.3 Å². The molecular formula is C11H23N3O. The van der Waals surface area contributed by atoms with Crippen molar-refractivity contribution >= 4 is 6.03 Å². The van der Waals surface area contributed by atoms with Crippen LogP contribution in [0.25, 0.3) is 0 Å². The van der Waals surface area contributed by atoms with Crippen LogP contribution in [-0.4, -0.2) is 47.5 Å². The summed E-state index contributed by atoms with van der Waals surface area (Å²) >= 11 is 0. The summed E-state index contributed by atoms with van der Waals surface area (Å²) in [7, 11) is 0. The van der Waals surface area contributed by atoms with Crippen LogP contribution < -0.4 is 5.73 Å². The van der Waals surface area contributed by atoms with Crippen LogP contribution in [0.3, 0.4) is 0 Å². The standard InChI is InChI=1S/C11H23N3O/c1-4-7-11(12)8-14(9-11)10(15)13(5-2)6-3/h4-9,12H2,1-3H3. The molecule has 4 nitrogen and oxygen atoms in total. The lowest BCUT2D eigenvalue weighted by Gasteiger charge is -2.49. The Morgan fingerprint density at radius 2 is 1.87 bits per heavy atom. The highest BCUT2D eigenvalue weighted by molar-refractivity contribution is 5.75. The van der Waals surface area contributed by atoms with E-state index in [0.717, 1.165) is 39.0 Å². The Kier molecular flexibility index (Phi) is 3.97. The minimum atomic E-state index is -0.114. The summed E-state index contributed by atoms with van der Waals surface area (Å²) in [6, 6.07) is 0.136. The molecular weight excluding hydrogens is 190 g/mol. The molecule has 0 atom stereocenters. The number of rotatable bonds is 4. The van der Waals surface area contributed by atoms with E-state index in [1.807, 2.05) is 23.6 Å². The van der Waals surface area contributed by atoms with E-state index in [1.54, 1.807) is 0 Å². The van der Waals surface area contributed by atoms with Gasteiger partial charge in [0.25, 0.3) is 0 Å². The fourth-order valence-electron chi connectivity index (χ4n) is 2.20. The largest absolute Gasteiger partial charge is 0.325 e. The molecule has 0 bridgehead atoms. The molecule has 0 aliphatic carbocycles. The lowest BCUT2D eigenvalue weighted by atomic mass is 9.87. The van der Waals surface area contributed by atoms with E-state index in [9.17, 15) is 4.79 Å². The highest BCUT2D eigenvalue weighted by Crippen LogP contribution is 2.24. The second kappa shape index (κ2) is 4.84. The molecule has 0 unspecified atom stereocenters. The molecule has 0 aromatic carbocycles. The third-order valence-corrected chi connectivity index (χ3v) is 3.06. The Morgan fingerprint density at radius 1 is 1.33 bits per heavy atom. The van der Waals surface area contributed by atoms with Crippen molar-refractivity contribution in [2.24, 2.45) is 5.73 Å². The molecule has 4 heteroatoms. The van der Waals surface area contributed by atoms with Crippen LogP contribution in [0.1, 0.15) is 33.6 Å². The van der Waals surface area contributed by atoms with E-state index in [2.05, 4.69) is 6.92 Å². The van der Waals surface area contributed by atoms with Gasteiger partial charge in [-0.15, -0.1) is 0 Å². The Bertz CT molecular complexity index is 220. The summed E-state index contributed by atoms with van der Waals surface area (Å²) in [5.74, 6) is 0. The molecule has 0 radical (unpaired) electrons. The topological polar surface area (TPSA) is 49.6 Å². The summed E-state index contributed by atoms with van der Waals surface area (Å²) in [6.45, 7) is 9.12. The third-order valence-electron chi connectivity index (χ3n) is 3.06. The highest BCUT2D eigenvalue weighted by atomic mass is 16.2. The first-order chi connectivity index (χ1) is 7.06. The second-order valence-corrected chi connectivity index (χ2v) is 4.42. The van der Waals surface area contributed by atoms with Crippen LogP contribution in [0.5, 0.6) is 0 Å². The molecule has 0 aromatic rings. The number of nitrogens with two attached hydrogens (primary N) is 1. The van der Waals surface area contributed by atoms with Crippen LogP contribution in [0.4, 0.5) is 4.79 Å². The predicted octanol–water partition coefficient (Wildman–Crippen LogP) is 1.26. The van der Waals surface area contributed by atoms with Crippen LogP contribution in [-0.2, 0) is 0 Å². The molecule has 1 rings (SSSR count). The maximum atomic E-state index is 11.9. The first-order valence-electron chi connectivity index (χ1n) is 5.89. The zero-order chi connectivity index (χ0) is 11.5. The van der Waals surface area contributed by atoms with Crippen molar-refractivity contribution in [3.8, 4) is 0 Å². The Morgan fingerprint density at radius 3 is 2.27 bits per heavy atom. The number of carbonyl (C=O) groups excluding carboxylic acids is 1. The molecule has 2 N–H and O–H groups in total. The summed E-state index contributed by atoms with van der Waals surface area (Å²) in [4.78, 5) is 15.6. The fourth-order valence-corrected chi connectivity index (χ4v) is 2.20. The minimum absolute atomic E-state index is 0.114. The van der Waals surface area contributed by atoms with Gasteiger partial charge in [0.15, 0.2) is 0 Å². The van der Waals surface area contributed by atoms with Gasteiger partial charge < -0.3 is 15.5 Å². The number of carbonyl (C=O) groups is 1. The van der Waals surface area contributed by atoms with Crippen molar-refractivity contribution in [3.63, 3.8) is 0 Å². The Balaban J connectivity index is 2.40. The van der Waals surface area contributed by atoms with Crippen LogP contribution in [0, 0.1) is 0 Å². The molecule has 1 saturated heterocycles. The number of hydrogen-bond donors (Lipinski definition) is 1. The minimum Gasteiger partial charge on any atom is -0.325 e. The van der Waals surface area contributed by atoms with Crippen molar-refractivity contribution in [3.05, 3.63) is 0 Å². The second-order valence-electron chi connectivity index (χ2n) is 4.42. The highest BCUT2D eigenvalue weighted by Gasteiger charge is 2.41. The zero-order valence-corrected chi connectivity index (χ0v) is 10.1. The molecule has 15 heavy (non-hydrogen) atoms. The van der Waals surface area contributed by atoms with E-state index in [-0.39, 0.29) is 11.6 Å². The van der Waals surface area contributed by atoms with Crippen molar-refractivity contribution < 1.29 is 4.79 Å². The van der Waals surface area contributed by atoms with Gasteiger partial charge in [0.05, 0.1) is 5.54 Å². The molecule has 1 heterocycles. The van der Waals surface area contributed by atoms with Crippen molar-refractivity contribution in [2.45, 2.75) is 39.2 Å². The van der Waals surface area contributed by atoms with Crippen molar-refractivity contribution in [2.75, 3.05) is 26.2 Å². The van der Waals surface area contributed by atoms with Gasteiger partial charge in [0.2, 0.25) is 0 Å². The monoisotopic (exact) mass is 213 g/mol. The number of likely N-dealkylation sites (tertiary alicyclic amines) is 1. The van der Waals surface area contributed by atoms with Gasteiger partial charge in [0, 0.05) is 26.2 Å². The van der Waals surface area contributed by atoms with Gasteiger partial charge >= 0.3 is 6.03 Å². The Labute approximate surface area is 92.4 Å². The van der Waals surface area contributed by atoms with Crippen molar-refractivity contribution in [1.82, 2.24) is 9.80 Å². The van der Waals surface area contributed by atoms with Crippen LogP contribution in [0.15, 0.2) is 0 Å². The predicted molar refractivity (Wildman–Crippen MR) is 61.7 cm³/mol. The van der Waals surface area contributed by atoms with E-state index in [4.69, 9.17) is 5.73 Å². The molecule has 2 amide bonds. The normalized spacial score (nSPS) is 18.5. The maximum Gasteiger partial charge on any atom is 0.320 e. The molecule has 1 aliphatic rings. The summed E-state index contributed by atoms with van der Waals surface area (Å²) in [6.07, 6.45) is 2.10. The van der Waals surface area contributed by atoms with Gasteiger partial charge in [-0.05, 0) is 20.3 Å². The average molecular weight is 213 g/mol. The lowest BCUT2D eigenvalue weighted by Crippen LogP contribution is -2.70. The molecule has 1 aliphatic heterocycles. The molecule has 0 spiro atoms. The number of amides is 2. The third kappa shape index (κ3) is 2.62. The van der Waals surface area contributed by atoms with Gasteiger partial charge in [-0.3, -0.25) is 0 Å². The summed E-state index contributed by atoms with van der Waals surface area (Å²) < 4.78 is 0. The van der Waals surface area contributed by atoms with Gasteiger partial charge in [-0.25, -0.2) is 4.79 Å². The van der Waals surface area contributed by atoms with Crippen LogP contribution in [0.2, 0.25) is 0 Å². The van der Waals surface area contributed by atoms with E-state index >= 15 is 0 Å². The smallest absolute Gasteiger partial charge is 0.320 e. The maximum absolute atomic E-state index is 11.9. The first kappa shape index (κ1) is 12.3. The fraction of sp³-hybridized carbons (Fsp3) is 0.909. The Hall–Kier alpha value is -0.770. The summed E-state index contributed by atoms with van der Waals surface area (Å²) in [5.41, 5.74) is 6.00. The number of hydrogen-bond acceptors (Lipinski definition) is 2. The quantitative estimate of drug-likeness (QED) is 0.764. The molecule has 0 aromatic heterocycles. The molecule has 88 valence electrons.